The van der Waals surface area contributed by atoms with Crippen LogP contribution in [0.4, 0.5) is 0 Å². The van der Waals surface area contributed by atoms with E-state index in [9.17, 15) is 4.79 Å². The number of ether oxygens (including phenoxy) is 2. The van der Waals surface area contributed by atoms with E-state index in [0.717, 1.165) is 24.3 Å². The molecule has 1 aromatic carbocycles. The summed E-state index contributed by atoms with van der Waals surface area (Å²) in [5, 5.41) is 3.89. The molecule has 0 radical (unpaired) electrons. The molecule has 0 heterocycles. The maximum Gasteiger partial charge on any atom is 0.255 e. The summed E-state index contributed by atoms with van der Waals surface area (Å²) in [6.45, 7) is 0.708. The molecule has 4 fully saturated rings. The van der Waals surface area contributed by atoms with E-state index in [1.807, 2.05) is 18.2 Å². The molecule has 25 heavy (non-hydrogen) atoms. The van der Waals surface area contributed by atoms with Crippen molar-refractivity contribution in [2.24, 2.45) is 23.5 Å². The van der Waals surface area contributed by atoms with Crippen molar-refractivity contribution in [3.05, 3.63) is 23.8 Å². The molecule has 0 aromatic heterocycles. The summed E-state index contributed by atoms with van der Waals surface area (Å²) in [6, 6.07) is 5.88. The number of carbonyl (C=O) groups excluding carboxylic acids is 1. The molecule has 0 unspecified atom stereocenters. The van der Waals surface area contributed by atoms with Crippen molar-refractivity contribution in [1.29, 1.82) is 0 Å². The molecule has 5 heteroatoms. The van der Waals surface area contributed by atoms with Gasteiger partial charge in [0.05, 0.1) is 7.11 Å². The first-order chi connectivity index (χ1) is 12.0. The van der Waals surface area contributed by atoms with E-state index in [4.69, 9.17) is 15.2 Å². The van der Waals surface area contributed by atoms with Crippen LogP contribution in [0.15, 0.2) is 18.2 Å². The molecule has 4 aliphatic carbocycles. The Morgan fingerprint density at radius 3 is 2.36 bits per heavy atom. The van der Waals surface area contributed by atoms with Crippen molar-refractivity contribution in [2.75, 3.05) is 13.7 Å². The van der Waals surface area contributed by atoms with Crippen molar-refractivity contribution in [3.8, 4) is 11.5 Å². The Morgan fingerprint density at radius 1 is 1.16 bits per heavy atom. The Bertz CT molecular complexity index is 623. The van der Waals surface area contributed by atoms with Gasteiger partial charge >= 0.3 is 0 Å². The molecule has 136 valence electrons. The van der Waals surface area contributed by atoms with Gasteiger partial charge in [-0.25, -0.2) is 0 Å². The lowest BCUT2D eigenvalue weighted by Crippen LogP contribution is -2.58. The lowest BCUT2D eigenvalue weighted by atomic mass is 9.53. The number of hydrogen-bond acceptors (Lipinski definition) is 4. The summed E-state index contributed by atoms with van der Waals surface area (Å²) in [6.07, 6.45) is 8.41. The van der Waals surface area contributed by atoms with E-state index < -0.39 is 5.91 Å². The van der Waals surface area contributed by atoms with Crippen molar-refractivity contribution < 1.29 is 14.3 Å². The molecule has 0 saturated heterocycles. The fourth-order valence-corrected chi connectivity index (χ4v) is 5.71. The maximum atomic E-state index is 10.9. The van der Waals surface area contributed by atoms with Gasteiger partial charge in [0.2, 0.25) is 0 Å². The average molecular weight is 344 g/mol. The molecule has 4 aliphatic rings. The monoisotopic (exact) mass is 344 g/mol. The Morgan fingerprint density at radius 2 is 1.80 bits per heavy atom. The fourth-order valence-electron chi connectivity index (χ4n) is 5.71. The third-order valence-electron chi connectivity index (χ3n) is 6.30. The number of amides is 1. The summed E-state index contributed by atoms with van der Waals surface area (Å²) in [5.74, 6) is 3.54. The summed E-state index contributed by atoms with van der Waals surface area (Å²) in [4.78, 5) is 10.9. The molecule has 1 amide bonds. The number of benzene rings is 1. The normalized spacial score (nSPS) is 32.6. The standard InChI is InChI=1S/C20H28N2O3/c1-24-18-7-13(2-3-17(18)25-12-19(21)23)11-22-20-8-14-4-15(9-20)6-16(5-14)10-20/h2-3,7,14-16,22H,4-6,8-12H2,1H3,(H2,21,23). The van der Waals surface area contributed by atoms with E-state index in [0.29, 0.717) is 17.0 Å². The Hall–Kier alpha value is -1.75. The van der Waals surface area contributed by atoms with Crippen LogP contribution in [0.25, 0.3) is 0 Å². The predicted molar refractivity (Wildman–Crippen MR) is 95.4 cm³/mol. The van der Waals surface area contributed by atoms with E-state index in [-0.39, 0.29) is 6.61 Å². The third-order valence-corrected chi connectivity index (χ3v) is 6.30. The van der Waals surface area contributed by atoms with Crippen LogP contribution >= 0.6 is 0 Å². The largest absolute Gasteiger partial charge is 0.493 e. The number of rotatable bonds is 7. The Kier molecular flexibility index (Phi) is 4.36. The lowest BCUT2D eigenvalue weighted by molar-refractivity contribution is -0.119. The van der Waals surface area contributed by atoms with Gasteiger partial charge in [0, 0.05) is 12.1 Å². The van der Waals surface area contributed by atoms with Crippen LogP contribution in [-0.2, 0) is 11.3 Å². The van der Waals surface area contributed by atoms with Gasteiger partial charge in [0.15, 0.2) is 18.1 Å². The van der Waals surface area contributed by atoms with Gasteiger partial charge in [0.1, 0.15) is 0 Å². The predicted octanol–water partition coefficient (Wildman–Crippen LogP) is 2.62. The second-order valence-electron chi connectivity index (χ2n) is 8.29. The molecule has 0 aliphatic heterocycles. The minimum atomic E-state index is -0.491. The molecule has 5 rings (SSSR count). The summed E-state index contributed by atoms with van der Waals surface area (Å²) in [7, 11) is 1.61. The van der Waals surface area contributed by atoms with Gasteiger partial charge in [-0.2, -0.15) is 0 Å². The zero-order valence-corrected chi connectivity index (χ0v) is 14.9. The number of hydrogen-bond donors (Lipinski definition) is 2. The van der Waals surface area contributed by atoms with Gasteiger partial charge in [-0.3, -0.25) is 4.79 Å². The second kappa shape index (κ2) is 6.52. The number of nitrogens with one attached hydrogen (secondary N) is 1. The highest BCUT2D eigenvalue weighted by atomic mass is 16.5. The third kappa shape index (κ3) is 3.47. The molecule has 5 nitrogen and oxygen atoms in total. The summed E-state index contributed by atoms with van der Waals surface area (Å²) < 4.78 is 10.8. The van der Waals surface area contributed by atoms with Crippen LogP contribution in [0.2, 0.25) is 0 Å². The van der Waals surface area contributed by atoms with Gasteiger partial charge < -0.3 is 20.5 Å². The Labute approximate surface area is 149 Å². The highest BCUT2D eigenvalue weighted by Gasteiger charge is 2.50. The smallest absolute Gasteiger partial charge is 0.255 e. The van der Waals surface area contributed by atoms with Gasteiger partial charge in [-0.1, -0.05) is 6.07 Å². The first-order valence-corrected chi connectivity index (χ1v) is 9.38. The molecular formula is C20H28N2O3. The van der Waals surface area contributed by atoms with E-state index >= 15 is 0 Å². The Balaban J connectivity index is 1.42. The quantitative estimate of drug-likeness (QED) is 0.797. The number of primary amides is 1. The van der Waals surface area contributed by atoms with Crippen LogP contribution in [-0.4, -0.2) is 25.2 Å². The zero-order chi connectivity index (χ0) is 17.4. The first-order valence-electron chi connectivity index (χ1n) is 9.38. The molecule has 0 atom stereocenters. The van der Waals surface area contributed by atoms with Crippen LogP contribution in [0.1, 0.15) is 44.1 Å². The van der Waals surface area contributed by atoms with Crippen LogP contribution in [0, 0.1) is 17.8 Å². The van der Waals surface area contributed by atoms with Crippen LogP contribution in [0.5, 0.6) is 11.5 Å². The van der Waals surface area contributed by atoms with Crippen LogP contribution < -0.4 is 20.5 Å². The molecule has 0 spiro atoms. The number of methoxy groups -OCH3 is 1. The van der Waals surface area contributed by atoms with Crippen molar-refractivity contribution >= 4 is 5.91 Å². The van der Waals surface area contributed by atoms with Crippen molar-refractivity contribution in [1.82, 2.24) is 5.32 Å². The van der Waals surface area contributed by atoms with E-state index in [1.54, 1.807) is 7.11 Å². The molecule has 4 saturated carbocycles. The molecule has 4 bridgehead atoms. The maximum absolute atomic E-state index is 10.9. The summed E-state index contributed by atoms with van der Waals surface area (Å²) in [5.41, 5.74) is 6.67. The lowest BCUT2D eigenvalue weighted by Gasteiger charge is -2.57. The van der Waals surface area contributed by atoms with Crippen molar-refractivity contribution in [3.63, 3.8) is 0 Å². The van der Waals surface area contributed by atoms with Crippen molar-refractivity contribution in [2.45, 2.75) is 50.6 Å². The minimum absolute atomic E-state index is 0.138. The topological polar surface area (TPSA) is 73.6 Å². The highest BCUT2D eigenvalue weighted by molar-refractivity contribution is 5.75. The van der Waals surface area contributed by atoms with Gasteiger partial charge in [0.25, 0.3) is 5.91 Å². The number of nitrogens with two attached hydrogens (primary N) is 1. The molecular weight excluding hydrogens is 316 g/mol. The SMILES string of the molecule is COc1cc(CNC23CC4CC(CC(C4)C2)C3)ccc1OCC(N)=O. The summed E-state index contributed by atoms with van der Waals surface area (Å²) >= 11 is 0. The highest BCUT2D eigenvalue weighted by Crippen LogP contribution is 2.55. The van der Waals surface area contributed by atoms with Gasteiger partial charge in [-0.05, 0) is 74.0 Å². The molecule has 1 aromatic rings. The zero-order valence-electron chi connectivity index (χ0n) is 14.9. The van der Waals surface area contributed by atoms with E-state index in [1.165, 1.54) is 44.1 Å². The fraction of sp³-hybridized carbons (Fsp3) is 0.650. The second-order valence-corrected chi connectivity index (χ2v) is 8.29. The minimum Gasteiger partial charge on any atom is -0.493 e. The van der Waals surface area contributed by atoms with Gasteiger partial charge in [-0.15, -0.1) is 0 Å². The van der Waals surface area contributed by atoms with E-state index in [2.05, 4.69) is 5.32 Å². The first kappa shape index (κ1) is 16.7. The van der Waals surface area contributed by atoms with Crippen LogP contribution in [0.3, 0.4) is 0 Å². The number of carbonyl (C=O) groups is 1. The average Bonchev–Trinajstić information content (AvgIpc) is 2.57. The molecule has 3 N–H and O–H groups in total.